The number of thiophene rings is 1. The molecule has 0 amide bonds. The lowest BCUT2D eigenvalue weighted by Gasteiger charge is -2.16. The van der Waals surface area contributed by atoms with Crippen LogP contribution in [0.1, 0.15) is 17.5 Å². The number of aromatic nitrogens is 2. The smallest absolute Gasteiger partial charge is 0.330 e. The third-order valence-electron chi connectivity index (χ3n) is 3.61. The summed E-state index contributed by atoms with van der Waals surface area (Å²) in [4.78, 5) is 25.8. The molecule has 0 spiro atoms. The predicted molar refractivity (Wildman–Crippen MR) is 79.8 cm³/mol. The molecule has 2 aromatic rings. The van der Waals surface area contributed by atoms with Gasteiger partial charge < -0.3 is 14.6 Å². The summed E-state index contributed by atoms with van der Waals surface area (Å²) in [6.45, 7) is 0.0794. The number of ether oxygens (including phenoxy) is 2. The van der Waals surface area contributed by atoms with Crippen LogP contribution >= 0.6 is 11.3 Å². The van der Waals surface area contributed by atoms with Gasteiger partial charge in [-0.05, 0) is 11.4 Å². The lowest BCUT2D eigenvalue weighted by molar-refractivity contribution is -0.0656. The van der Waals surface area contributed by atoms with Gasteiger partial charge in [0.25, 0.3) is 5.56 Å². The lowest BCUT2D eigenvalue weighted by atomic mass is 10.2. The van der Waals surface area contributed by atoms with E-state index in [0.717, 1.165) is 15.6 Å². The molecule has 9 heteroatoms. The third kappa shape index (κ3) is 3.42. The van der Waals surface area contributed by atoms with Crippen molar-refractivity contribution in [2.75, 3.05) is 6.61 Å². The zero-order chi connectivity index (χ0) is 16.4. The first kappa shape index (κ1) is 16.1. The number of aliphatic hydroxyl groups is 1. The van der Waals surface area contributed by atoms with Crippen LogP contribution < -0.4 is 11.2 Å². The van der Waals surface area contributed by atoms with Crippen molar-refractivity contribution in [3.05, 3.63) is 55.2 Å². The molecular formula is C14H15FN2O5S. The summed E-state index contributed by atoms with van der Waals surface area (Å²) in [5.41, 5.74) is -1.84. The number of aromatic amines is 1. The van der Waals surface area contributed by atoms with Crippen LogP contribution in [0, 0.1) is 5.82 Å². The molecule has 1 unspecified atom stereocenters. The van der Waals surface area contributed by atoms with Crippen LogP contribution in [0.5, 0.6) is 0 Å². The SMILES string of the molecule is O=c1[nH]c(=O)n([C@@H]2CC(OCc3cccs3)[C@H](CO)O2)cc1F. The van der Waals surface area contributed by atoms with Gasteiger partial charge in [-0.1, -0.05) is 6.07 Å². The summed E-state index contributed by atoms with van der Waals surface area (Å²) in [5.74, 6) is -1.07. The van der Waals surface area contributed by atoms with E-state index < -0.39 is 35.5 Å². The summed E-state index contributed by atoms with van der Waals surface area (Å²) in [7, 11) is 0. The minimum absolute atomic E-state index is 0.266. The Morgan fingerprint density at radius 2 is 2.35 bits per heavy atom. The van der Waals surface area contributed by atoms with Crippen LogP contribution in [0.4, 0.5) is 4.39 Å². The third-order valence-corrected chi connectivity index (χ3v) is 4.46. The number of hydrogen-bond donors (Lipinski definition) is 2. The van der Waals surface area contributed by atoms with Gasteiger partial charge in [0.2, 0.25) is 5.82 Å². The van der Waals surface area contributed by atoms with Crippen molar-refractivity contribution in [3.8, 4) is 0 Å². The number of nitrogens with zero attached hydrogens (tertiary/aromatic N) is 1. The van der Waals surface area contributed by atoms with Crippen LogP contribution in [0.3, 0.4) is 0 Å². The normalized spacial score (nSPS) is 24.2. The van der Waals surface area contributed by atoms with Crippen LogP contribution in [0.25, 0.3) is 0 Å². The number of rotatable bonds is 5. The lowest BCUT2D eigenvalue weighted by Crippen LogP contribution is -2.34. The molecular weight excluding hydrogens is 327 g/mol. The van der Waals surface area contributed by atoms with Gasteiger partial charge in [-0.15, -0.1) is 11.3 Å². The monoisotopic (exact) mass is 342 g/mol. The van der Waals surface area contributed by atoms with Gasteiger partial charge in [0.15, 0.2) is 0 Å². The van der Waals surface area contributed by atoms with E-state index >= 15 is 0 Å². The summed E-state index contributed by atoms with van der Waals surface area (Å²) in [6, 6.07) is 3.83. The maximum atomic E-state index is 13.4. The molecule has 3 atom stereocenters. The van der Waals surface area contributed by atoms with Crippen LogP contribution in [0.2, 0.25) is 0 Å². The second-order valence-corrected chi connectivity index (χ2v) is 6.15. The van der Waals surface area contributed by atoms with E-state index in [2.05, 4.69) is 0 Å². The van der Waals surface area contributed by atoms with E-state index in [9.17, 15) is 19.1 Å². The molecule has 1 fully saturated rings. The Labute approximate surface area is 133 Å². The molecule has 0 bridgehead atoms. The highest BCUT2D eigenvalue weighted by molar-refractivity contribution is 7.09. The average Bonchev–Trinajstić information content (AvgIpc) is 3.17. The van der Waals surface area contributed by atoms with Crippen molar-refractivity contribution >= 4 is 11.3 Å². The minimum atomic E-state index is -1.08. The van der Waals surface area contributed by atoms with E-state index in [1.807, 2.05) is 22.5 Å². The summed E-state index contributed by atoms with van der Waals surface area (Å²) < 4.78 is 25.6. The maximum Gasteiger partial charge on any atom is 0.330 e. The Morgan fingerprint density at radius 3 is 3.04 bits per heavy atom. The molecule has 2 aromatic heterocycles. The summed E-state index contributed by atoms with van der Waals surface area (Å²) >= 11 is 1.55. The number of aliphatic hydroxyl groups excluding tert-OH is 1. The molecule has 7 nitrogen and oxygen atoms in total. The Hall–Kier alpha value is -1.81. The quantitative estimate of drug-likeness (QED) is 0.830. The molecule has 0 radical (unpaired) electrons. The molecule has 3 heterocycles. The van der Waals surface area contributed by atoms with Gasteiger partial charge in [0, 0.05) is 11.3 Å². The second-order valence-electron chi connectivity index (χ2n) is 5.12. The Bertz CT molecular complexity index is 772. The van der Waals surface area contributed by atoms with Crippen molar-refractivity contribution in [1.29, 1.82) is 0 Å². The molecule has 0 aliphatic carbocycles. The van der Waals surface area contributed by atoms with Gasteiger partial charge in [-0.25, -0.2) is 4.79 Å². The molecule has 124 valence electrons. The zero-order valence-corrected chi connectivity index (χ0v) is 12.8. The first-order valence-electron chi connectivity index (χ1n) is 6.99. The molecule has 1 saturated heterocycles. The molecule has 1 aliphatic heterocycles. The van der Waals surface area contributed by atoms with E-state index in [-0.39, 0.29) is 13.0 Å². The van der Waals surface area contributed by atoms with Gasteiger partial charge >= 0.3 is 5.69 Å². The van der Waals surface area contributed by atoms with Crippen LogP contribution in [-0.2, 0) is 16.1 Å². The Balaban J connectivity index is 1.74. The van der Waals surface area contributed by atoms with E-state index in [0.29, 0.717) is 6.61 Å². The molecule has 1 aliphatic rings. The largest absolute Gasteiger partial charge is 0.394 e. The first-order valence-corrected chi connectivity index (χ1v) is 7.87. The van der Waals surface area contributed by atoms with Gasteiger partial charge in [-0.2, -0.15) is 4.39 Å². The minimum Gasteiger partial charge on any atom is -0.394 e. The summed E-state index contributed by atoms with van der Waals surface area (Å²) in [5, 5.41) is 11.3. The van der Waals surface area contributed by atoms with E-state index in [4.69, 9.17) is 9.47 Å². The standard InChI is InChI=1S/C14H15FN2O5S/c15-9-5-17(14(20)16-13(9)19)12-4-10(11(6-18)22-12)21-7-8-2-1-3-23-8/h1-3,5,10-12,18H,4,6-7H2,(H,16,19,20)/t10?,11-,12-/m0/s1. The molecule has 0 aromatic carbocycles. The highest BCUT2D eigenvalue weighted by atomic mass is 32.1. The van der Waals surface area contributed by atoms with E-state index in [1.165, 1.54) is 0 Å². The van der Waals surface area contributed by atoms with Crippen LogP contribution in [-0.4, -0.2) is 33.5 Å². The number of nitrogens with one attached hydrogen (secondary N) is 1. The highest BCUT2D eigenvalue weighted by Crippen LogP contribution is 2.30. The van der Waals surface area contributed by atoms with Gasteiger partial charge in [0.1, 0.15) is 12.3 Å². The Morgan fingerprint density at radius 1 is 1.52 bits per heavy atom. The van der Waals surface area contributed by atoms with Crippen molar-refractivity contribution < 1.29 is 19.0 Å². The van der Waals surface area contributed by atoms with Crippen molar-refractivity contribution in [1.82, 2.24) is 9.55 Å². The predicted octanol–water partition coefficient (Wildman–Crippen LogP) is 0.602. The number of halogens is 1. The molecule has 23 heavy (non-hydrogen) atoms. The maximum absolute atomic E-state index is 13.4. The van der Waals surface area contributed by atoms with Crippen molar-refractivity contribution in [2.45, 2.75) is 31.5 Å². The van der Waals surface area contributed by atoms with Crippen molar-refractivity contribution in [3.63, 3.8) is 0 Å². The molecule has 2 N–H and O–H groups in total. The number of hydrogen-bond acceptors (Lipinski definition) is 6. The zero-order valence-electron chi connectivity index (χ0n) is 12.0. The average molecular weight is 342 g/mol. The fourth-order valence-electron chi connectivity index (χ4n) is 2.47. The fourth-order valence-corrected chi connectivity index (χ4v) is 3.09. The summed E-state index contributed by atoms with van der Waals surface area (Å²) in [6.07, 6.45) is -0.792. The Kier molecular flexibility index (Phi) is 4.71. The number of H-pyrrole nitrogens is 1. The van der Waals surface area contributed by atoms with Gasteiger partial charge in [-0.3, -0.25) is 14.3 Å². The van der Waals surface area contributed by atoms with Crippen LogP contribution in [0.15, 0.2) is 33.3 Å². The molecule has 3 rings (SSSR count). The second kappa shape index (κ2) is 6.75. The van der Waals surface area contributed by atoms with Gasteiger partial charge in [0.05, 0.1) is 25.5 Å². The van der Waals surface area contributed by atoms with E-state index in [1.54, 1.807) is 11.3 Å². The highest BCUT2D eigenvalue weighted by Gasteiger charge is 2.37. The van der Waals surface area contributed by atoms with Crippen molar-refractivity contribution in [2.24, 2.45) is 0 Å². The molecule has 0 saturated carbocycles. The topological polar surface area (TPSA) is 93.6 Å². The fraction of sp³-hybridized carbons (Fsp3) is 0.429. The first-order chi connectivity index (χ1) is 11.1.